The molecule has 0 aliphatic heterocycles. The smallest absolute Gasteiger partial charge is 0.307 e. The molecule has 96 valence electrons. The molecule has 0 aliphatic rings. The molecular weight excluding hydrogens is 204 g/mol. The molecule has 0 spiro atoms. The first-order valence-electron chi connectivity index (χ1n) is 5.97. The van der Waals surface area contributed by atoms with Gasteiger partial charge in [0.25, 0.3) is 0 Å². The lowest BCUT2D eigenvalue weighted by Gasteiger charge is -2.21. The highest BCUT2D eigenvalue weighted by Gasteiger charge is 2.08. The van der Waals surface area contributed by atoms with Gasteiger partial charge < -0.3 is 15.0 Å². The average Bonchev–Trinajstić information content (AvgIpc) is 2.23. The fourth-order valence-corrected chi connectivity index (χ4v) is 1.34. The predicted molar refractivity (Wildman–Crippen MR) is 66.5 cm³/mol. The van der Waals surface area contributed by atoms with Gasteiger partial charge in [-0.2, -0.15) is 0 Å². The van der Waals surface area contributed by atoms with Gasteiger partial charge in [-0.05, 0) is 47.3 Å². The van der Waals surface area contributed by atoms with E-state index in [1.54, 1.807) is 0 Å². The fraction of sp³-hybridized carbons (Fsp3) is 0.917. The minimum atomic E-state index is -0.153. The summed E-state index contributed by atoms with van der Waals surface area (Å²) < 4.78 is 4.61. The van der Waals surface area contributed by atoms with E-state index < -0.39 is 0 Å². The zero-order chi connectivity index (χ0) is 12.6. The molecule has 1 unspecified atom stereocenters. The Morgan fingerprint density at radius 1 is 1.38 bits per heavy atom. The van der Waals surface area contributed by atoms with Crippen LogP contribution in [0.4, 0.5) is 0 Å². The number of carbonyl (C=O) groups excluding carboxylic acids is 1. The third kappa shape index (κ3) is 7.65. The van der Waals surface area contributed by atoms with Crippen LogP contribution in [0.5, 0.6) is 0 Å². The molecule has 0 fully saturated rings. The monoisotopic (exact) mass is 230 g/mol. The lowest BCUT2D eigenvalue weighted by Crippen LogP contribution is -2.33. The molecule has 0 aromatic carbocycles. The molecule has 0 aliphatic carbocycles. The number of methoxy groups -OCH3 is 1. The van der Waals surface area contributed by atoms with Crippen LogP contribution in [-0.2, 0) is 9.53 Å². The van der Waals surface area contributed by atoms with Crippen molar-refractivity contribution in [1.29, 1.82) is 0 Å². The molecule has 0 amide bonds. The summed E-state index contributed by atoms with van der Waals surface area (Å²) in [5.74, 6) is -0.153. The number of hydrogen-bond acceptors (Lipinski definition) is 4. The largest absolute Gasteiger partial charge is 0.469 e. The Balaban J connectivity index is 3.48. The summed E-state index contributed by atoms with van der Waals surface area (Å²) in [6, 6.07) is 0.782. The summed E-state index contributed by atoms with van der Waals surface area (Å²) in [5, 5.41) is 3.31. The van der Waals surface area contributed by atoms with Gasteiger partial charge in [-0.3, -0.25) is 4.79 Å². The summed E-state index contributed by atoms with van der Waals surface area (Å²) in [6.45, 7) is 8.40. The quantitative estimate of drug-likeness (QED) is 0.503. The molecule has 1 atom stereocenters. The van der Waals surface area contributed by atoms with Crippen molar-refractivity contribution >= 4 is 5.97 Å². The number of ether oxygens (including phenoxy) is 1. The number of carbonyl (C=O) groups is 1. The Labute approximate surface area is 99.3 Å². The fourth-order valence-electron chi connectivity index (χ4n) is 1.34. The van der Waals surface area contributed by atoms with Gasteiger partial charge in [0.05, 0.1) is 13.5 Å². The molecule has 0 saturated carbocycles. The van der Waals surface area contributed by atoms with Crippen molar-refractivity contribution < 1.29 is 9.53 Å². The molecule has 0 aromatic heterocycles. The predicted octanol–water partition coefficient (Wildman–Crippen LogP) is 1.26. The molecule has 16 heavy (non-hydrogen) atoms. The summed E-state index contributed by atoms with van der Waals surface area (Å²) in [6.07, 6.45) is 1.54. The normalized spacial score (nSPS) is 13.2. The van der Waals surface area contributed by atoms with E-state index in [9.17, 15) is 4.79 Å². The van der Waals surface area contributed by atoms with Crippen LogP contribution < -0.4 is 5.32 Å². The van der Waals surface area contributed by atoms with Crippen LogP contribution in [0.2, 0.25) is 0 Å². The summed E-state index contributed by atoms with van der Waals surface area (Å²) in [5.41, 5.74) is 0. The van der Waals surface area contributed by atoms with Gasteiger partial charge in [-0.25, -0.2) is 0 Å². The SMILES string of the molecule is COC(=O)CC(C)NCCCN(C)C(C)C. The van der Waals surface area contributed by atoms with Crippen molar-refractivity contribution in [3.8, 4) is 0 Å². The van der Waals surface area contributed by atoms with Gasteiger partial charge in [0, 0.05) is 12.1 Å². The van der Waals surface area contributed by atoms with Crippen LogP contribution in [0.15, 0.2) is 0 Å². The zero-order valence-corrected chi connectivity index (χ0v) is 11.2. The molecular formula is C12H26N2O2. The third-order valence-corrected chi connectivity index (χ3v) is 2.76. The van der Waals surface area contributed by atoms with Gasteiger partial charge in [-0.1, -0.05) is 0 Å². The molecule has 0 aromatic rings. The van der Waals surface area contributed by atoms with Gasteiger partial charge in [0.15, 0.2) is 0 Å². The van der Waals surface area contributed by atoms with E-state index >= 15 is 0 Å². The molecule has 0 rings (SSSR count). The van der Waals surface area contributed by atoms with E-state index in [-0.39, 0.29) is 12.0 Å². The zero-order valence-electron chi connectivity index (χ0n) is 11.2. The van der Waals surface area contributed by atoms with E-state index in [4.69, 9.17) is 0 Å². The van der Waals surface area contributed by atoms with Crippen molar-refractivity contribution in [3.63, 3.8) is 0 Å². The maximum atomic E-state index is 11.0. The molecule has 0 bridgehead atoms. The number of nitrogens with zero attached hydrogens (tertiary/aromatic N) is 1. The van der Waals surface area contributed by atoms with Crippen LogP contribution in [-0.4, -0.2) is 50.2 Å². The van der Waals surface area contributed by atoms with E-state index in [2.05, 4.69) is 35.8 Å². The first kappa shape index (κ1) is 15.4. The number of esters is 1. The highest BCUT2D eigenvalue weighted by molar-refractivity contribution is 5.69. The van der Waals surface area contributed by atoms with E-state index in [0.29, 0.717) is 12.5 Å². The van der Waals surface area contributed by atoms with Crippen molar-refractivity contribution in [1.82, 2.24) is 10.2 Å². The molecule has 0 radical (unpaired) electrons. The topological polar surface area (TPSA) is 41.6 Å². The van der Waals surface area contributed by atoms with Crippen LogP contribution >= 0.6 is 0 Å². The second-order valence-corrected chi connectivity index (χ2v) is 4.56. The second kappa shape index (κ2) is 8.53. The number of nitrogens with one attached hydrogen (secondary N) is 1. The minimum Gasteiger partial charge on any atom is -0.469 e. The standard InChI is InChI=1S/C12H26N2O2/c1-10(2)14(4)8-6-7-13-11(3)9-12(15)16-5/h10-11,13H,6-9H2,1-5H3. The highest BCUT2D eigenvalue weighted by atomic mass is 16.5. The Kier molecular flexibility index (Phi) is 8.21. The molecule has 0 saturated heterocycles. The lowest BCUT2D eigenvalue weighted by atomic mass is 10.2. The van der Waals surface area contributed by atoms with Crippen molar-refractivity contribution in [2.24, 2.45) is 0 Å². The lowest BCUT2D eigenvalue weighted by molar-refractivity contribution is -0.141. The van der Waals surface area contributed by atoms with E-state index in [0.717, 1.165) is 19.5 Å². The summed E-state index contributed by atoms with van der Waals surface area (Å²) >= 11 is 0. The van der Waals surface area contributed by atoms with Gasteiger partial charge in [0.2, 0.25) is 0 Å². The van der Waals surface area contributed by atoms with Crippen molar-refractivity contribution in [2.45, 2.75) is 45.7 Å². The number of rotatable bonds is 8. The summed E-state index contributed by atoms with van der Waals surface area (Å²) in [4.78, 5) is 13.3. The van der Waals surface area contributed by atoms with Gasteiger partial charge in [0.1, 0.15) is 0 Å². The van der Waals surface area contributed by atoms with Crippen LogP contribution in [0, 0.1) is 0 Å². The first-order valence-corrected chi connectivity index (χ1v) is 5.97. The third-order valence-electron chi connectivity index (χ3n) is 2.76. The van der Waals surface area contributed by atoms with E-state index in [1.807, 2.05) is 6.92 Å². The van der Waals surface area contributed by atoms with E-state index in [1.165, 1.54) is 7.11 Å². The first-order chi connectivity index (χ1) is 7.47. The van der Waals surface area contributed by atoms with Gasteiger partial charge in [-0.15, -0.1) is 0 Å². The second-order valence-electron chi connectivity index (χ2n) is 4.56. The maximum Gasteiger partial charge on any atom is 0.307 e. The summed E-state index contributed by atoms with van der Waals surface area (Å²) in [7, 11) is 3.55. The average molecular weight is 230 g/mol. The highest BCUT2D eigenvalue weighted by Crippen LogP contribution is 1.96. The molecule has 1 N–H and O–H groups in total. The van der Waals surface area contributed by atoms with Crippen molar-refractivity contribution in [2.75, 3.05) is 27.2 Å². The van der Waals surface area contributed by atoms with Crippen LogP contribution in [0.3, 0.4) is 0 Å². The van der Waals surface area contributed by atoms with Crippen LogP contribution in [0.25, 0.3) is 0 Å². The molecule has 4 nitrogen and oxygen atoms in total. The minimum absolute atomic E-state index is 0.153. The Morgan fingerprint density at radius 3 is 2.50 bits per heavy atom. The van der Waals surface area contributed by atoms with Crippen molar-refractivity contribution in [3.05, 3.63) is 0 Å². The maximum absolute atomic E-state index is 11.0. The molecule has 4 heteroatoms. The van der Waals surface area contributed by atoms with Crippen LogP contribution in [0.1, 0.15) is 33.6 Å². The Hall–Kier alpha value is -0.610. The Morgan fingerprint density at radius 2 is 2.00 bits per heavy atom. The van der Waals surface area contributed by atoms with Gasteiger partial charge >= 0.3 is 5.97 Å². The molecule has 0 heterocycles. The Bertz CT molecular complexity index is 195. The number of hydrogen-bond donors (Lipinski definition) is 1.